The minimum Gasteiger partial charge on any atom is -0.427 e. The normalized spacial score (nSPS) is 23.1. The van der Waals surface area contributed by atoms with Crippen molar-refractivity contribution in [3.63, 3.8) is 0 Å². The molecule has 0 aromatic heterocycles. The Hall–Kier alpha value is -0.875. The molecule has 4 nitrogen and oxygen atoms in total. The number of halogens is 1. The molecule has 4 N–H and O–H groups in total. The van der Waals surface area contributed by atoms with Crippen molar-refractivity contribution >= 4 is 24.5 Å². The van der Waals surface area contributed by atoms with E-state index >= 15 is 0 Å². The van der Waals surface area contributed by atoms with Crippen molar-refractivity contribution in [3.05, 3.63) is 34.9 Å². The average Bonchev–Trinajstić information content (AvgIpc) is 2.59. The topological polar surface area (TPSA) is 83.6 Å². The van der Waals surface area contributed by atoms with Crippen LogP contribution in [0.15, 0.2) is 24.3 Å². The van der Waals surface area contributed by atoms with E-state index in [0.717, 1.165) is 50.5 Å². The van der Waals surface area contributed by atoms with E-state index in [2.05, 4.69) is 6.92 Å². The molecule has 0 amide bonds. The van der Waals surface area contributed by atoms with Crippen LogP contribution in [0.4, 0.5) is 0 Å². The number of hydrogen-bond acceptors (Lipinski definition) is 4. The van der Waals surface area contributed by atoms with Crippen molar-refractivity contribution in [2.45, 2.75) is 63.7 Å². The van der Waals surface area contributed by atoms with Crippen molar-refractivity contribution < 1.29 is 14.8 Å². The largest absolute Gasteiger partial charge is 0.451 e. The highest BCUT2D eigenvalue weighted by Gasteiger charge is 2.35. The molecule has 138 valence electrons. The number of Topliss-reactive ketones (excluding diaryl/α,β-unsaturated/α-hetero) is 1. The molecule has 2 rings (SSSR count). The first-order valence-electron chi connectivity index (χ1n) is 9.24. The summed E-state index contributed by atoms with van der Waals surface area (Å²) in [6.07, 6.45) is 6.66. The Bertz CT molecular complexity index is 554. The molecular formula is C19H29BClNO3. The Kier molecular flexibility index (Phi) is 7.50. The molecule has 1 aromatic rings. The lowest BCUT2D eigenvalue weighted by molar-refractivity contribution is 0.0840. The van der Waals surface area contributed by atoms with E-state index in [1.54, 1.807) is 24.3 Å². The maximum atomic E-state index is 12.6. The van der Waals surface area contributed by atoms with Crippen molar-refractivity contribution in [1.82, 2.24) is 0 Å². The molecular weight excluding hydrogens is 336 g/mol. The fraction of sp³-hybridized carbons (Fsp3) is 0.632. The van der Waals surface area contributed by atoms with Gasteiger partial charge in [-0.05, 0) is 75.5 Å². The summed E-state index contributed by atoms with van der Waals surface area (Å²) < 4.78 is 0. The quantitative estimate of drug-likeness (QED) is 0.373. The molecule has 0 aliphatic heterocycles. The highest BCUT2D eigenvalue weighted by Crippen LogP contribution is 2.38. The summed E-state index contributed by atoms with van der Waals surface area (Å²) in [5.41, 5.74) is 7.02. The Morgan fingerprint density at radius 2 is 1.80 bits per heavy atom. The predicted octanol–water partition coefficient (Wildman–Crippen LogP) is 3.69. The van der Waals surface area contributed by atoms with E-state index < -0.39 is 7.12 Å². The summed E-state index contributed by atoms with van der Waals surface area (Å²) in [7, 11) is -1.22. The molecule has 0 radical (unpaired) electrons. The van der Waals surface area contributed by atoms with E-state index in [9.17, 15) is 4.79 Å². The first-order chi connectivity index (χ1) is 11.8. The van der Waals surface area contributed by atoms with Crippen LogP contribution in [0.1, 0.15) is 62.2 Å². The van der Waals surface area contributed by atoms with Crippen molar-refractivity contribution in [2.75, 3.05) is 0 Å². The lowest BCUT2D eigenvalue weighted by Gasteiger charge is -2.39. The van der Waals surface area contributed by atoms with Crippen LogP contribution in [0, 0.1) is 11.8 Å². The monoisotopic (exact) mass is 365 g/mol. The maximum Gasteiger partial charge on any atom is 0.451 e. The molecule has 25 heavy (non-hydrogen) atoms. The van der Waals surface area contributed by atoms with Crippen LogP contribution in [-0.2, 0) is 0 Å². The van der Waals surface area contributed by atoms with Gasteiger partial charge in [-0.1, -0.05) is 24.4 Å². The summed E-state index contributed by atoms with van der Waals surface area (Å²) in [5, 5.41) is 18.5. The summed E-state index contributed by atoms with van der Waals surface area (Å²) >= 11 is 5.89. The number of benzene rings is 1. The van der Waals surface area contributed by atoms with Gasteiger partial charge in [0.25, 0.3) is 0 Å². The number of nitrogens with two attached hydrogens (primary N) is 1. The van der Waals surface area contributed by atoms with Gasteiger partial charge in [0.15, 0.2) is 5.78 Å². The summed E-state index contributed by atoms with van der Waals surface area (Å²) in [5.74, 6) is 0.712. The van der Waals surface area contributed by atoms with E-state index in [-0.39, 0.29) is 17.2 Å². The molecule has 1 unspecified atom stereocenters. The lowest BCUT2D eigenvalue weighted by atomic mass is 9.69. The fourth-order valence-corrected chi connectivity index (χ4v) is 4.03. The number of unbranched alkanes of at least 4 members (excludes halogenated alkanes) is 1. The highest BCUT2D eigenvalue weighted by atomic mass is 35.5. The van der Waals surface area contributed by atoms with Crippen LogP contribution in [0.2, 0.25) is 11.3 Å². The summed E-state index contributed by atoms with van der Waals surface area (Å²) in [6, 6.07) is 7.14. The maximum absolute atomic E-state index is 12.6. The minimum atomic E-state index is -1.22. The second-order valence-electron chi connectivity index (χ2n) is 7.65. The number of rotatable bonds is 8. The Morgan fingerprint density at radius 3 is 2.36 bits per heavy atom. The van der Waals surface area contributed by atoms with Gasteiger partial charge in [0, 0.05) is 22.0 Å². The first kappa shape index (κ1) is 20.4. The van der Waals surface area contributed by atoms with Gasteiger partial charge >= 0.3 is 7.12 Å². The van der Waals surface area contributed by atoms with Gasteiger partial charge < -0.3 is 15.8 Å². The number of ketones is 1. The number of carbonyl (C=O) groups is 1. The molecule has 0 heterocycles. The van der Waals surface area contributed by atoms with E-state index in [1.165, 1.54) is 0 Å². The summed E-state index contributed by atoms with van der Waals surface area (Å²) in [6.45, 7) is 2.09. The first-order valence-corrected chi connectivity index (χ1v) is 9.62. The van der Waals surface area contributed by atoms with Gasteiger partial charge in [0.1, 0.15) is 0 Å². The van der Waals surface area contributed by atoms with E-state index in [0.29, 0.717) is 17.3 Å². The molecule has 1 aliphatic rings. The molecule has 1 aliphatic carbocycles. The number of carbonyl (C=O) groups excluding carboxylic acids is 1. The van der Waals surface area contributed by atoms with E-state index in [4.69, 9.17) is 27.4 Å². The third-order valence-corrected chi connectivity index (χ3v) is 5.84. The van der Waals surface area contributed by atoms with Gasteiger partial charge in [-0.2, -0.15) is 0 Å². The van der Waals surface area contributed by atoms with Gasteiger partial charge in [-0.3, -0.25) is 4.79 Å². The van der Waals surface area contributed by atoms with Crippen LogP contribution in [0.3, 0.4) is 0 Å². The molecule has 1 aromatic carbocycles. The molecule has 0 spiro atoms. The molecule has 1 saturated carbocycles. The van der Waals surface area contributed by atoms with Gasteiger partial charge in [-0.25, -0.2) is 0 Å². The average molecular weight is 366 g/mol. The molecule has 0 bridgehead atoms. The predicted molar refractivity (Wildman–Crippen MR) is 103 cm³/mol. The van der Waals surface area contributed by atoms with Gasteiger partial charge in [0.2, 0.25) is 0 Å². The Morgan fingerprint density at radius 1 is 1.20 bits per heavy atom. The summed E-state index contributed by atoms with van der Waals surface area (Å²) in [4.78, 5) is 12.6. The molecule has 1 fully saturated rings. The third kappa shape index (κ3) is 6.10. The zero-order valence-corrected chi connectivity index (χ0v) is 15.7. The van der Waals surface area contributed by atoms with Crippen molar-refractivity contribution in [3.8, 4) is 0 Å². The van der Waals surface area contributed by atoms with Crippen LogP contribution < -0.4 is 5.73 Å². The van der Waals surface area contributed by atoms with Crippen LogP contribution in [0.25, 0.3) is 0 Å². The Balaban J connectivity index is 1.81. The second kappa shape index (κ2) is 9.18. The Labute approximate surface area is 155 Å². The van der Waals surface area contributed by atoms with Crippen LogP contribution in [-0.4, -0.2) is 28.5 Å². The third-order valence-electron chi connectivity index (χ3n) is 5.59. The second-order valence-corrected chi connectivity index (χ2v) is 8.09. The van der Waals surface area contributed by atoms with E-state index in [1.807, 2.05) is 0 Å². The zero-order valence-electron chi connectivity index (χ0n) is 15.0. The van der Waals surface area contributed by atoms with Crippen LogP contribution in [0.5, 0.6) is 0 Å². The number of hydrogen-bond donors (Lipinski definition) is 3. The van der Waals surface area contributed by atoms with Gasteiger partial charge in [0.05, 0.1) is 0 Å². The van der Waals surface area contributed by atoms with Crippen molar-refractivity contribution in [2.24, 2.45) is 17.6 Å². The molecule has 1 atom stereocenters. The van der Waals surface area contributed by atoms with Crippen LogP contribution >= 0.6 is 11.6 Å². The van der Waals surface area contributed by atoms with Gasteiger partial charge in [-0.15, -0.1) is 0 Å². The lowest BCUT2D eigenvalue weighted by Crippen LogP contribution is -2.46. The fourth-order valence-electron chi connectivity index (χ4n) is 3.90. The highest BCUT2D eigenvalue weighted by molar-refractivity contribution is 6.40. The SMILES string of the molecule is CC(N)(CCCCB(O)O)C1CCC(C(=O)c2ccc(Cl)cc2)CC1. The minimum absolute atomic E-state index is 0.0813. The standard InChI is InChI=1S/C19H29BClNO3/c1-19(22,12-2-3-13-20(24)25)16-8-4-14(5-9-16)18(23)15-6-10-17(21)11-7-15/h6-7,10-11,14,16,24-25H,2-5,8-9,12-13,22H2,1H3. The van der Waals surface area contributed by atoms with Crippen molar-refractivity contribution in [1.29, 1.82) is 0 Å². The molecule has 0 saturated heterocycles. The smallest absolute Gasteiger partial charge is 0.427 e. The molecule has 6 heteroatoms. The zero-order chi connectivity index (χ0) is 18.4.